The van der Waals surface area contributed by atoms with Gasteiger partial charge in [-0.05, 0) is 41.8 Å². The number of hydrogen-bond donors (Lipinski definition) is 0. The Bertz CT molecular complexity index is 1690. The van der Waals surface area contributed by atoms with Gasteiger partial charge in [0.05, 0.1) is 29.6 Å². The van der Waals surface area contributed by atoms with Crippen molar-refractivity contribution in [2.45, 2.75) is 25.9 Å². The van der Waals surface area contributed by atoms with Gasteiger partial charge in [0.1, 0.15) is 17.6 Å². The number of pyridine rings is 2. The molecule has 2 aromatic carbocycles. The summed E-state index contributed by atoms with van der Waals surface area (Å²) in [7, 11) is 1.61. The van der Waals surface area contributed by atoms with Crippen LogP contribution in [0.3, 0.4) is 0 Å². The second-order valence-electron chi connectivity index (χ2n) is 9.45. The predicted octanol–water partition coefficient (Wildman–Crippen LogP) is 5.49. The van der Waals surface area contributed by atoms with Crippen LogP contribution in [-0.2, 0) is 29.4 Å². The highest BCUT2D eigenvalue weighted by Gasteiger charge is 2.22. The number of carbonyl (C=O) groups is 2. The lowest BCUT2D eigenvalue weighted by atomic mass is 10.00. The molecule has 10 heteroatoms. The van der Waals surface area contributed by atoms with Crippen LogP contribution in [0.5, 0.6) is 0 Å². The SMILES string of the molecule is C[C@@H](OC(=O)Cc1c(-c2ccc(C(=O)Cc3ccc(-c4ccccc4)cc3)cn2)nnn1C)c1cc(F)cnc1F. The van der Waals surface area contributed by atoms with Crippen LogP contribution in [0.2, 0.25) is 0 Å². The molecule has 0 saturated carbocycles. The average molecular weight is 554 g/mol. The molecular weight excluding hydrogens is 528 g/mol. The highest BCUT2D eigenvalue weighted by atomic mass is 19.1. The first kappa shape index (κ1) is 27.4. The number of ketones is 1. The van der Waals surface area contributed by atoms with Gasteiger partial charge in [-0.15, -0.1) is 5.10 Å². The number of rotatable bonds is 9. The lowest BCUT2D eigenvalue weighted by Crippen LogP contribution is -2.15. The van der Waals surface area contributed by atoms with E-state index in [1.165, 1.54) is 17.8 Å². The number of benzene rings is 2. The molecular formula is C31H25F2N5O3. The van der Waals surface area contributed by atoms with Crippen LogP contribution in [0.15, 0.2) is 85.2 Å². The highest BCUT2D eigenvalue weighted by Crippen LogP contribution is 2.24. The largest absolute Gasteiger partial charge is 0.457 e. The Labute approximate surface area is 234 Å². The van der Waals surface area contributed by atoms with E-state index in [1.54, 1.807) is 19.2 Å². The maximum atomic E-state index is 14.0. The third-order valence-electron chi connectivity index (χ3n) is 6.59. The Morgan fingerprint density at radius 2 is 1.63 bits per heavy atom. The number of carbonyl (C=O) groups excluding carboxylic acids is 2. The zero-order chi connectivity index (χ0) is 28.9. The normalized spacial score (nSPS) is 11.7. The van der Waals surface area contributed by atoms with Gasteiger partial charge in [0.2, 0.25) is 5.95 Å². The number of ether oxygens (including phenoxy) is 1. The van der Waals surface area contributed by atoms with Crippen LogP contribution in [0, 0.1) is 11.8 Å². The fraction of sp³-hybridized carbons (Fsp3) is 0.161. The van der Waals surface area contributed by atoms with Crippen LogP contribution in [0.25, 0.3) is 22.5 Å². The summed E-state index contributed by atoms with van der Waals surface area (Å²) in [5.41, 5.74) is 4.49. The van der Waals surface area contributed by atoms with Crippen LogP contribution in [0.4, 0.5) is 8.78 Å². The number of esters is 1. The zero-order valence-electron chi connectivity index (χ0n) is 22.3. The first-order chi connectivity index (χ1) is 19.8. The van der Waals surface area contributed by atoms with Gasteiger partial charge in [0, 0.05) is 25.2 Å². The summed E-state index contributed by atoms with van der Waals surface area (Å²) in [4.78, 5) is 33.3. The molecule has 5 rings (SSSR count). The van der Waals surface area contributed by atoms with Crippen molar-refractivity contribution in [3.8, 4) is 22.5 Å². The summed E-state index contributed by atoms with van der Waals surface area (Å²) in [5.74, 6) is -2.44. The van der Waals surface area contributed by atoms with Crippen LogP contribution >= 0.6 is 0 Å². The summed E-state index contributed by atoms with van der Waals surface area (Å²) < 4.78 is 34.2. The molecule has 206 valence electrons. The maximum Gasteiger partial charge on any atom is 0.312 e. The molecule has 0 aliphatic rings. The lowest BCUT2D eigenvalue weighted by Gasteiger charge is -2.14. The van der Waals surface area contributed by atoms with Crippen LogP contribution < -0.4 is 0 Å². The lowest BCUT2D eigenvalue weighted by molar-refractivity contribution is -0.148. The topological polar surface area (TPSA) is 99.9 Å². The fourth-order valence-electron chi connectivity index (χ4n) is 4.37. The third kappa shape index (κ3) is 6.38. The van der Waals surface area contributed by atoms with Crippen molar-refractivity contribution < 1.29 is 23.1 Å². The standard InChI is InChI=1S/C31H25F2N5O3/c1-19(25-15-24(32)18-35-31(25)33)41-29(40)16-27-30(36-37-38(27)2)26-13-12-23(17-34-26)28(39)14-20-8-10-22(11-9-20)21-6-4-3-5-7-21/h3-13,15,17-19H,14,16H2,1-2H3/t19-/m1/s1. The minimum absolute atomic E-state index is 0.0903. The van der Waals surface area contributed by atoms with E-state index in [0.29, 0.717) is 22.6 Å². The quantitative estimate of drug-likeness (QED) is 0.135. The van der Waals surface area contributed by atoms with Crippen LogP contribution in [0.1, 0.15) is 40.2 Å². The number of hydrogen-bond acceptors (Lipinski definition) is 7. The Morgan fingerprint density at radius 3 is 2.34 bits per heavy atom. The molecule has 0 radical (unpaired) electrons. The summed E-state index contributed by atoms with van der Waals surface area (Å²) in [5, 5.41) is 8.10. The first-order valence-corrected chi connectivity index (χ1v) is 12.8. The summed E-state index contributed by atoms with van der Waals surface area (Å²) in [6, 6.07) is 22.1. The van der Waals surface area contributed by atoms with Crippen molar-refractivity contribution in [1.29, 1.82) is 0 Å². The maximum absolute atomic E-state index is 14.0. The molecule has 1 atom stereocenters. The molecule has 3 aromatic heterocycles. The number of aryl methyl sites for hydroxylation is 1. The summed E-state index contributed by atoms with van der Waals surface area (Å²) >= 11 is 0. The molecule has 0 aliphatic carbocycles. The monoisotopic (exact) mass is 553 g/mol. The summed E-state index contributed by atoms with van der Waals surface area (Å²) in [6.07, 6.45) is 1.13. The highest BCUT2D eigenvalue weighted by molar-refractivity contribution is 5.97. The van der Waals surface area contributed by atoms with E-state index in [4.69, 9.17) is 4.74 Å². The fourth-order valence-corrected chi connectivity index (χ4v) is 4.37. The van der Waals surface area contributed by atoms with Gasteiger partial charge < -0.3 is 4.74 Å². The van der Waals surface area contributed by atoms with Gasteiger partial charge in [-0.2, -0.15) is 4.39 Å². The van der Waals surface area contributed by atoms with E-state index < -0.39 is 23.8 Å². The zero-order valence-corrected chi connectivity index (χ0v) is 22.3. The molecule has 0 spiro atoms. The van der Waals surface area contributed by atoms with Gasteiger partial charge >= 0.3 is 5.97 Å². The van der Waals surface area contributed by atoms with Gasteiger partial charge in [-0.25, -0.2) is 9.37 Å². The molecule has 0 saturated heterocycles. The number of aromatic nitrogens is 5. The minimum atomic E-state index is -1.06. The van der Waals surface area contributed by atoms with Crippen molar-refractivity contribution in [1.82, 2.24) is 25.0 Å². The Kier molecular flexibility index (Phi) is 8.00. The molecule has 0 aliphatic heterocycles. The van der Waals surface area contributed by atoms with Crippen molar-refractivity contribution in [3.63, 3.8) is 0 Å². The van der Waals surface area contributed by atoms with E-state index in [2.05, 4.69) is 20.3 Å². The molecule has 8 nitrogen and oxygen atoms in total. The second-order valence-corrected chi connectivity index (χ2v) is 9.45. The minimum Gasteiger partial charge on any atom is -0.457 e. The van der Waals surface area contributed by atoms with E-state index >= 15 is 0 Å². The van der Waals surface area contributed by atoms with Crippen molar-refractivity contribution in [2.24, 2.45) is 7.05 Å². The van der Waals surface area contributed by atoms with E-state index in [-0.39, 0.29) is 24.2 Å². The smallest absolute Gasteiger partial charge is 0.312 e. The van der Waals surface area contributed by atoms with E-state index in [1.807, 2.05) is 54.6 Å². The Balaban J connectivity index is 1.24. The Hall–Kier alpha value is -5.12. The van der Waals surface area contributed by atoms with E-state index in [0.717, 1.165) is 29.0 Å². The van der Waals surface area contributed by atoms with E-state index in [9.17, 15) is 18.4 Å². The summed E-state index contributed by atoms with van der Waals surface area (Å²) in [6.45, 7) is 1.43. The van der Waals surface area contributed by atoms with Crippen molar-refractivity contribution in [3.05, 3.63) is 119 Å². The Morgan fingerprint density at radius 1 is 0.902 bits per heavy atom. The van der Waals surface area contributed by atoms with Gasteiger partial charge in [-0.1, -0.05) is 59.8 Å². The predicted molar refractivity (Wildman–Crippen MR) is 147 cm³/mol. The van der Waals surface area contributed by atoms with Crippen molar-refractivity contribution >= 4 is 11.8 Å². The third-order valence-corrected chi connectivity index (χ3v) is 6.59. The van der Waals surface area contributed by atoms with Crippen LogP contribution in [-0.4, -0.2) is 36.7 Å². The first-order valence-electron chi connectivity index (χ1n) is 12.8. The molecule has 0 N–H and O–H groups in total. The van der Waals surface area contributed by atoms with Gasteiger partial charge in [0.15, 0.2) is 5.78 Å². The number of Topliss-reactive ketones (excluding diaryl/α,β-unsaturated/α-hetero) is 1. The van der Waals surface area contributed by atoms with Gasteiger partial charge in [-0.3, -0.25) is 19.3 Å². The number of halogens is 2. The molecule has 41 heavy (non-hydrogen) atoms. The molecule has 3 heterocycles. The second kappa shape index (κ2) is 12.0. The number of nitrogens with zero attached hydrogens (tertiary/aromatic N) is 5. The molecule has 0 amide bonds. The molecule has 0 unspecified atom stereocenters. The molecule has 0 bridgehead atoms. The molecule has 5 aromatic rings. The molecule has 0 fully saturated rings. The van der Waals surface area contributed by atoms with Crippen molar-refractivity contribution in [2.75, 3.05) is 0 Å². The average Bonchev–Trinajstić information content (AvgIpc) is 3.34. The van der Waals surface area contributed by atoms with Gasteiger partial charge in [0.25, 0.3) is 0 Å².